The van der Waals surface area contributed by atoms with Crippen LogP contribution in [0.15, 0.2) is 29.2 Å². The predicted molar refractivity (Wildman–Crippen MR) is 62.1 cm³/mol. The van der Waals surface area contributed by atoms with Crippen molar-refractivity contribution in [2.75, 3.05) is 0 Å². The molecule has 0 saturated carbocycles. The zero-order valence-electron chi connectivity index (χ0n) is 8.91. The quantitative estimate of drug-likeness (QED) is 0.553. The molecule has 0 radical (unpaired) electrons. The fourth-order valence-electron chi connectivity index (χ4n) is 1.24. The van der Waals surface area contributed by atoms with Gasteiger partial charge < -0.3 is 0 Å². The zero-order chi connectivity index (χ0) is 10.6. The molecule has 2 heteroatoms. The standard InChI is InChI=1S/C12H16OS/c1-4-11(13)10-7-5-6-8-12(10)14-9(2)3/h5-9H,4H2,1-3H3. The average molecular weight is 208 g/mol. The molecule has 1 nitrogen and oxygen atoms in total. The summed E-state index contributed by atoms with van der Waals surface area (Å²) in [4.78, 5) is 12.7. The lowest BCUT2D eigenvalue weighted by Gasteiger charge is -2.09. The second-order valence-corrected chi connectivity index (χ2v) is 5.06. The van der Waals surface area contributed by atoms with Gasteiger partial charge in [-0.15, -0.1) is 11.8 Å². The van der Waals surface area contributed by atoms with E-state index < -0.39 is 0 Å². The van der Waals surface area contributed by atoms with E-state index in [1.807, 2.05) is 31.2 Å². The van der Waals surface area contributed by atoms with Crippen LogP contribution in [-0.2, 0) is 0 Å². The third-order valence-electron chi connectivity index (χ3n) is 1.87. The van der Waals surface area contributed by atoms with Crippen molar-refractivity contribution in [2.24, 2.45) is 0 Å². The summed E-state index contributed by atoms with van der Waals surface area (Å²) in [6.07, 6.45) is 0.579. The highest BCUT2D eigenvalue weighted by molar-refractivity contribution is 8.00. The lowest BCUT2D eigenvalue weighted by Crippen LogP contribution is -2.00. The second kappa shape index (κ2) is 5.20. The van der Waals surface area contributed by atoms with Crippen molar-refractivity contribution in [3.8, 4) is 0 Å². The predicted octanol–water partition coefficient (Wildman–Crippen LogP) is 3.78. The minimum Gasteiger partial charge on any atom is -0.294 e. The van der Waals surface area contributed by atoms with Gasteiger partial charge in [0.15, 0.2) is 5.78 Å². The first-order chi connectivity index (χ1) is 6.65. The summed E-state index contributed by atoms with van der Waals surface area (Å²) in [7, 11) is 0. The molecule has 0 N–H and O–H groups in total. The van der Waals surface area contributed by atoms with Gasteiger partial charge in [0.25, 0.3) is 0 Å². The van der Waals surface area contributed by atoms with Crippen LogP contribution < -0.4 is 0 Å². The smallest absolute Gasteiger partial charge is 0.163 e. The van der Waals surface area contributed by atoms with E-state index in [9.17, 15) is 4.79 Å². The van der Waals surface area contributed by atoms with Gasteiger partial charge in [0.1, 0.15) is 0 Å². The molecule has 1 aromatic carbocycles. The summed E-state index contributed by atoms with van der Waals surface area (Å²) in [5.41, 5.74) is 0.869. The molecule has 14 heavy (non-hydrogen) atoms. The van der Waals surface area contributed by atoms with Crippen molar-refractivity contribution in [1.29, 1.82) is 0 Å². The Morgan fingerprint density at radius 3 is 2.57 bits per heavy atom. The third kappa shape index (κ3) is 2.88. The van der Waals surface area contributed by atoms with E-state index in [2.05, 4.69) is 13.8 Å². The van der Waals surface area contributed by atoms with Crippen molar-refractivity contribution in [3.05, 3.63) is 29.8 Å². The van der Waals surface area contributed by atoms with Crippen LogP contribution in [0.2, 0.25) is 0 Å². The van der Waals surface area contributed by atoms with E-state index in [1.54, 1.807) is 11.8 Å². The summed E-state index contributed by atoms with van der Waals surface area (Å²) in [6, 6.07) is 7.84. The van der Waals surface area contributed by atoms with Crippen LogP contribution in [0.1, 0.15) is 37.6 Å². The largest absolute Gasteiger partial charge is 0.294 e. The fourth-order valence-corrected chi connectivity index (χ4v) is 2.22. The SMILES string of the molecule is CCC(=O)c1ccccc1SC(C)C. The van der Waals surface area contributed by atoms with E-state index in [-0.39, 0.29) is 5.78 Å². The van der Waals surface area contributed by atoms with Crippen LogP contribution >= 0.6 is 11.8 Å². The Morgan fingerprint density at radius 2 is 2.00 bits per heavy atom. The number of hydrogen-bond acceptors (Lipinski definition) is 2. The molecule has 0 aliphatic carbocycles. The van der Waals surface area contributed by atoms with Crippen LogP contribution in [0.25, 0.3) is 0 Å². The number of rotatable bonds is 4. The molecule has 0 aromatic heterocycles. The molecular formula is C12H16OS. The highest BCUT2D eigenvalue weighted by Crippen LogP contribution is 2.27. The van der Waals surface area contributed by atoms with Gasteiger partial charge >= 0.3 is 0 Å². The minimum absolute atomic E-state index is 0.230. The molecule has 0 aliphatic rings. The number of ketones is 1. The number of thioether (sulfide) groups is 1. The molecule has 0 saturated heterocycles. The monoisotopic (exact) mass is 208 g/mol. The normalized spacial score (nSPS) is 10.6. The Morgan fingerprint density at radius 1 is 1.36 bits per heavy atom. The maximum Gasteiger partial charge on any atom is 0.163 e. The Balaban J connectivity index is 2.97. The summed E-state index contributed by atoms with van der Waals surface area (Å²) in [5, 5.41) is 0.515. The average Bonchev–Trinajstić information content (AvgIpc) is 2.16. The minimum atomic E-state index is 0.230. The van der Waals surface area contributed by atoms with Crippen LogP contribution in [0, 0.1) is 0 Å². The Hall–Kier alpha value is -0.760. The van der Waals surface area contributed by atoms with Crippen molar-refractivity contribution in [1.82, 2.24) is 0 Å². The molecule has 0 atom stereocenters. The third-order valence-corrected chi connectivity index (χ3v) is 2.95. The van der Waals surface area contributed by atoms with E-state index >= 15 is 0 Å². The molecule has 1 rings (SSSR count). The van der Waals surface area contributed by atoms with Crippen molar-refractivity contribution >= 4 is 17.5 Å². The first-order valence-electron chi connectivity index (χ1n) is 4.94. The topological polar surface area (TPSA) is 17.1 Å². The van der Waals surface area contributed by atoms with Gasteiger partial charge in [0, 0.05) is 22.1 Å². The van der Waals surface area contributed by atoms with E-state index in [1.165, 1.54) is 0 Å². The second-order valence-electron chi connectivity index (χ2n) is 3.44. The number of carbonyl (C=O) groups excluding carboxylic acids is 1. The summed E-state index contributed by atoms with van der Waals surface area (Å²) in [5.74, 6) is 0.230. The summed E-state index contributed by atoms with van der Waals surface area (Å²) >= 11 is 1.75. The molecule has 0 fully saturated rings. The molecule has 0 unspecified atom stereocenters. The van der Waals surface area contributed by atoms with Gasteiger partial charge in [0.2, 0.25) is 0 Å². The first kappa shape index (κ1) is 11.3. The molecule has 0 bridgehead atoms. The zero-order valence-corrected chi connectivity index (χ0v) is 9.73. The van der Waals surface area contributed by atoms with Gasteiger partial charge in [-0.1, -0.05) is 39.0 Å². The Kier molecular flexibility index (Phi) is 4.21. The first-order valence-corrected chi connectivity index (χ1v) is 5.82. The number of hydrogen-bond donors (Lipinski definition) is 0. The number of benzene rings is 1. The fraction of sp³-hybridized carbons (Fsp3) is 0.417. The molecule has 0 heterocycles. The summed E-state index contributed by atoms with van der Waals surface area (Å²) < 4.78 is 0. The van der Waals surface area contributed by atoms with Gasteiger partial charge in [-0.3, -0.25) is 4.79 Å². The van der Waals surface area contributed by atoms with E-state index in [0.717, 1.165) is 10.5 Å². The van der Waals surface area contributed by atoms with Crippen LogP contribution in [-0.4, -0.2) is 11.0 Å². The summed E-state index contributed by atoms with van der Waals surface area (Å²) in [6.45, 7) is 6.18. The van der Waals surface area contributed by atoms with Crippen molar-refractivity contribution in [3.63, 3.8) is 0 Å². The molecular weight excluding hydrogens is 192 g/mol. The molecule has 0 amide bonds. The van der Waals surface area contributed by atoms with Crippen molar-refractivity contribution < 1.29 is 4.79 Å². The number of carbonyl (C=O) groups is 1. The Labute approximate surface area is 89.9 Å². The highest BCUT2D eigenvalue weighted by atomic mass is 32.2. The van der Waals surface area contributed by atoms with Gasteiger partial charge in [-0.25, -0.2) is 0 Å². The van der Waals surface area contributed by atoms with E-state index in [0.29, 0.717) is 11.7 Å². The van der Waals surface area contributed by atoms with Crippen LogP contribution in [0.5, 0.6) is 0 Å². The maximum atomic E-state index is 11.6. The molecule has 0 aliphatic heterocycles. The maximum absolute atomic E-state index is 11.6. The van der Waals surface area contributed by atoms with Crippen molar-refractivity contribution in [2.45, 2.75) is 37.3 Å². The van der Waals surface area contributed by atoms with Gasteiger partial charge in [0.05, 0.1) is 0 Å². The lowest BCUT2D eigenvalue weighted by molar-refractivity contribution is 0.0985. The highest BCUT2D eigenvalue weighted by Gasteiger charge is 2.09. The van der Waals surface area contributed by atoms with Gasteiger partial charge in [-0.05, 0) is 6.07 Å². The lowest BCUT2D eigenvalue weighted by atomic mass is 10.1. The molecule has 0 spiro atoms. The van der Waals surface area contributed by atoms with Crippen LogP contribution in [0.3, 0.4) is 0 Å². The Bertz CT molecular complexity index is 318. The molecule has 1 aromatic rings. The van der Waals surface area contributed by atoms with Gasteiger partial charge in [-0.2, -0.15) is 0 Å². The van der Waals surface area contributed by atoms with E-state index in [4.69, 9.17) is 0 Å². The number of Topliss-reactive ketones (excluding diaryl/α,β-unsaturated/α-hetero) is 1. The van der Waals surface area contributed by atoms with Crippen LogP contribution in [0.4, 0.5) is 0 Å². The molecule has 76 valence electrons.